The fourth-order valence-corrected chi connectivity index (χ4v) is 3.82. The summed E-state index contributed by atoms with van der Waals surface area (Å²) in [6.45, 7) is 5.83. The van der Waals surface area contributed by atoms with E-state index >= 15 is 0 Å². The van der Waals surface area contributed by atoms with Gasteiger partial charge in [-0.15, -0.1) is 11.8 Å². The molecular weight excluding hydrogens is 352 g/mol. The molecule has 1 aliphatic heterocycles. The van der Waals surface area contributed by atoms with Gasteiger partial charge in [-0.3, -0.25) is 14.4 Å². The number of carbonyl (C=O) groups is 2. The number of hydrogen-bond donors (Lipinski definition) is 1. The molecule has 136 valence electrons. The summed E-state index contributed by atoms with van der Waals surface area (Å²) in [6.07, 6.45) is 1.54. The molecule has 8 heteroatoms. The summed E-state index contributed by atoms with van der Waals surface area (Å²) < 4.78 is 1.10. The highest BCUT2D eigenvalue weighted by Gasteiger charge is 2.28. The Balaban J connectivity index is 1.87. The van der Waals surface area contributed by atoms with Gasteiger partial charge in [0.1, 0.15) is 12.2 Å². The minimum atomic E-state index is -0.429. The van der Waals surface area contributed by atoms with Crippen molar-refractivity contribution in [2.45, 2.75) is 32.2 Å². The fourth-order valence-electron chi connectivity index (χ4n) is 2.93. The number of amides is 2. The first-order chi connectivity index (χ1) is 12.4. The molecule has 0 radical (unpaired) electrons. The van der Waals surface area contributed by atoms with Crippen LogP contribution in [-0.2, 0) is 16.1 Å². The summed E-state index contributed by atoms with van der Waals surface area (Å²) in [4.78, 5) is 39.4. The smallest absolute Gasteiger partial charge is 0.292 e. The van der Waals surface area contributed by atoms with E-state index in [9.17, 15) is 14.4 Å². The third kappa shape index (κ3) is 3.37. The van der Waals surface area contributed by atoms with Gasteiger partial charge in [0.15, 0.2) is 0 Å². The Morgan fingerprint density at radius 3 is 2.62 bits per heavy atom. The van der Waals surface area contributed by atoms with Crippen molar-refractivity contribution < 1.29 is 9.59 Å². The van der Waals surface area contributed by atoms with Gasteiger partial charge in [-0.1, -0.05) is 18.2 Å². The van der Waals surface area contributed by atoms with Crippen LogP contribution in [0.25, 0.3) is 0 Å². The number of hydrogen-bond acceptors (Lipinski definition) is 5. The van der Waals surface area contributed by atoms with E-state index in [-0.39, 0.29) is 18.4 Å². The highest BCUT2D eigenvalue weighted by molar-refractivity contribution is 8.00. The molecule has 1 aromatic heterocycles. The maximum atomic E-state index is 12.8. The van der Waals surface area contributed by atoms with E-state index in [0.29, 0.717) is 22.9 Å². The first-order valence-electron chi connectivity index (χ1n) is 8.31. The lowest BCUT2D eigenvalue weighted by atomic mass is 10.1. The molecule has 7 nitrogen and oxygen atoms in total. The highest BCUT2D eigenvalue weighted by Crippen LogP contribution is 2.31. The Hall–Kier alpha value is -2.61. The zero-order chi connectivity index (χ0) is 18.8. The molecule has 0 unspecified atom stereocenters. The molecule has 1 N–H and O–H groups in total. The van der Waals surface area contributed by atoms with Crippen LogP contribution in [0.15, 0.2) is 34.1 Å². The molecule has 3 rings (SSSR count). The SMILES string of the molecule is CCN1C(=O)CSc2cnn(CC(=O)Nc3c(C)cccc3C)c(=O)c21. The molecule has 0 spiro atoms. The number of nitrogens with zero attached hydrogens (tertiary/aromatic N) is 3. The number of thioether (sulfide) groups is 1. The third-order valence-corrected chi connectivity index (χ3v) is 5.26. The Kier molecular flexibility index (Phi) is 5.13. The zero-order valence-electron chi connectivity index (χ0n) is 14.9. The Morgan fingerprint density at radius 2 is 1.96 bits per heavy atom. The molecule has 0 aliphatic carbocycles. The van der Waals surface area contributed by atoms with E-state index in [2.05, 4.69) is 10.4 Å². The molecular formula is C18H20N4O3S. The Bertz CT molecular complexity index is 918. The van der Waals surface area contributed by atoms with Crippen LogP contribution < -0.4 is 15.8 Å². The number of carbonyl (C=O) groups excluding carboxylic acids is 2. The van der Waals surface area contributed by atoms with Crippen molar-refractivity contribution in [3.63, 3.8) is 0 Å². The third-order valence-electron chi connectivity index (χ3n) is 4.26. The zero-order valence-corrected chi connectivity index (χ0v) is 15.7. The first-order valence-corrected chi connectivity index (χ1v) is 9.30. The minimum Gasteiger partial charge on any atom is -0.324 e. The van der Waals surface area contributed by atoms with Crippen molar-refractivity contribution >= 4 is 35.0 Å². The van der Waals surface area contributed by atoms with Gasteiger partial charge in [0, 0.05) is 12.2 Å². The second-order valence-corrected chi connectivity index (χ2v) is 7.08. The lowest BCUT2D eigenvalue weighted by Gasteiger charge is -2.27. The lowest BCUT2D eigenvalue weighted by molar-refractivity contribution is -0.117. The summed E-state index contributed by atoms with van der Waals surface area (Å²) >= 11 is 1.30. The largest absolute Gasteiger partial charge is 0.324 e. The molecule has 0 saturated carbocycles. The summed E-state index contributed by atoms with van der Waals surface area (Å²) in [7, 11) is 0. The quantitative estimate of drug-likeness (QED) is 0.887. The number of nitrogens with one attached hydrogen (secondary N) is 1. The second-order valence-electron chi connectivity index (χ2n) is 6.06. The Morgan fingerprint density at radius 1 is 1.27 bits per heavy atom. The van der Waals surface area contributed by atoms with Gasteiger partial charge >= 0.3 is 0 Å². The number of rotatable bonds is 4. The standard InChI is InChI=1S/C18H20N4O3S/c1-4-21-15(24)10-26-13-8-19-22(18(25)17(13)21)9-14(23)20-16-11(2)6-5-7-12(16)3/h5-8H,4,9-10H2,1-3H3,(H,20,23). The van der Waals surface area contributed by atoms with Gasteiger partial charge in [-0.25, -0.2) is 4.68 Å². The molecule has 26 heavy (non-hydrogen) atoms. The maximum Gasteiger partial charge on any atom is 0.292 e. The van der Waals surface area contributed by atoms with E-state index in [1.807, 2.05) is 39.0 Å². The fraction of sp³-hybridized carbons (Fsp3) is 0.333. The number of aryl methyl sites for hydroxylation is 2. The normalized spacial score (nSPS) is 13.5. The predicted octanol–water partition coefficient (Wildman–Crippen LogP) is 1.96. The molecule has 0 saturated heterocycles. The van der Waals surface area contributed by atoms with E-state index < -0.39 is 5.56 Å². The van der Waals surface area contributed by atoms with E-state index in [0.717, 1.165) is 21.5 Å². The van der Waals surface area contributed by atoms with Gasteiger partial charge in [0.25, 0.3) is 5.56 Å². The van der Waals surface area contributed by atoms with Gasteiger partial charge < -0.3 is 10.2 Å². The molecule has 1 aromatic carbocycles. The number of para-hydroxylation sites is 1. The van der Waals surface area contributed by atoms with Crippen LogP contribution in [0, 0.1) is 13.8 Å². The predicted molar refractivity (Wildman–Crippen MR) is 102 cm³/mol. The van der Waals surface area contributed by atoms with Crippen LogP contribution in [-0.4, -0.2) is 33.9 Å². The number of anilines is 2. The summed E-state index contributed by atoms with van der Waals surface area (Å²) in [5, 5.41) is 6.94. The van der Waals surface area contributed by atoms with Crippen molar-refractivity contribution in [3.05, 3.63) is 45.9 Å². The molecule has 2 amide bonds. The van der Waals surface area contributed by atoms with Crippen LogP contribution in [0.2, 0.25) is 0 Å². The van der Waals surface area contributed by atoms with Crippen molar-refractivity contribution in [2.75, 3.05) is 22.5 Å². The Labute approximate surface area is 155 Å². The van der Waals surface area contributed by atoms with E-state index in [1.165, 1.54) is 16.7 Å². The van der Waals surface area contributed by atoms with Crippen molar-refractivity contribution in [2.24, 2.45) is 0 Å². The molecule has 1 aliphatic rings. The van der Waals surface area contributed by atoms with Crippen molar-refractivity contribution in [1.82, 2.24) is 9.78 Å². The average Bonchev–Trinajstić information content (AvgIpc) is 2.61. The highest BCUT2D eigenvalue weighted by atomic mass is 32.2. The summed E-state index contributed by atoms with van der Waals surface area (Å²) in [5.41, 5.74) is 2.51. The number of benzene rings is 1. The maximum absolute atomic E-state index is 12.8. The lowest BCUT2D eigenvalue weighted by Crippen LogP contribution is -2.42. The molecule has 2 heterocycles. The van der Waals surface area contributed by atoms with E-state index in [4.69, 9.17) is 0 Å². The van der Waals surface area contributed by atoms with Gasteiger partial charge in [-0.2, -0.15) is 5.10 Å². The van der Waals surface area contributed by atoms with Crippen molar-refractivity contribution in [3.8, 4) is 0 Å². The van der Waals surface area contributed by atoms with E-state index in [1.54, 1.807) is 6.20 Å². The van der Waals surface area contributed by atoms with Crippen LogP contribution in [0.4, 0.5) is 11.4 Å². The molecule has 2 aromatic rings. The second kappa shape index (κ2) is 7.33. The first kappa shape index (κ1) is 18.2. The average molecular weight is 372 g/mol. The van der Waals surface area contributed by atoms with Crippen LogP contribution in [0.3, 0.4) is 0 Å². The molecule has 0 bridgehead atoms. The van der Waals surface area contributed by atoms with Crippen LogP contribution in [0.5, 0.6) is 0 Å². The summed E-state index contributed by atoms with van der Waals surface area (Å²) in [6, 6.07) is 5.74. The van der Waals surface area contributed by atoms with Gasteiger partial charge in [0.2, 0.25) is 11.8 Å². The molecule has 0 fully saturated rings. The number of fused-ring (bicyclic) bond motifs is 1. The minimum absolute atomic E-state index is 0.111. The number of aromatic nitrogens is 2. The van der Waals surface area contributed by atoms with Crippen molar-refractivity contribution in [1.29, 1.82) is 0 Å². The summed E-state index contributed by atoms with van der Waals surface area (Å²) in [5.74, 6) is -0.159. The topological polar surface area (TPSA) is 84.3 Å². The monoisotopic (exact) mass is 372 g/mol. The van der Waals surface area contributed by atoms with Gasteiger partial charge in [-0.05, 0) is 31.9 Å². The van der Waals surface area contributed by atoms with Crippen LogP contribution >= 0.6 is 11.8 Å². The van der Waals surface area contributed by atoms with Crippen LogP contribution in [0.1, 0.15) is 18.1 Å². The van der Waals surface area contributed by atoms with Gasteiger partial charge in [0.05, 0.1) is 16.8 Å². The molecule has 0 atom stereocenters.